The second-order valence-corrected chi connectivity index (χ2v) is 5.81. The monoisotopic (exact) mass is 296 g/mol. The van der Waals surface area contributed by atoms with Crippen molar-refractivity contribution in [2.24, 2.45) is 5.92 Å². The van der Waals surface area contributed by atoms with Crippen LogP contribution in [-0.4, -0.2) is 33.5 Å². The summed E-state index contributed by atoms with van der Waals surface area (Å²) in [6.07, 6.45) is 6.46. The van der Waals surface area contributed by atoms with Gasteiger partial charge in [0.15, 0.2) is 5.15 Å². The van der Waals surface area contributed by atoms with Crippen LogP contribution in [0.3, 0.4) is 0 Å². The molecule has 110 valence electrons. The lowest BCUT2D eigenvalue weighted by molar-refractivity contribution is 0.127. The SMILES string of the molecule is CC(C)C1CCCCN1C(=O)NCc1nccnc1Cl. The molecular weight excluding hydrogens is 276 g/mol. The van der Waals surface area contributed by atoms with Crippen molar-refractivity contribution in [1.82, 2.24) is 20.2 Å². The topological polar surface area (TPSA) is 58.1 Å². The Balaban J connectivity index is 1.95. The first-order chi connectivity index (χ1) is 9.59. The Labute approximate surface area is 124 Å². The molecule has 2 heterocycles. The Hall–Kier alpha value is -1.36. The van der Waals surface area contributed by atoms with E-state index in [9.17, 15) is 4.79 Å². The van der Waals surface area contributed by atoms with Crippen LogP contribution in [0, 0.1) is 5.92 Å². The van der Waals surface area contributed by atoms with Crippen molar-refractivity contribution in [3.63, 3.8) is 0 Å². The molecule has 1 saturated heterocycles. The number of nitrogens with one attached hydrogen (secondary N) is 1. The summed E-state index contributed by atoms with van der Waals surface area (Å²) in [6, 6.07) is 0.284. The summed E-state index contributed by atoms with van der Waals surface area (Å²) >= 11 is 5.93. The summed E-state index contributed by atoms with van der Waals surface area (Å²) in [4.78, 5) is 22.3. The fourth-order valence-corrected chi connectivity index (χ4v) is 2.80. The Morgan fingerprint density at radius 1 is 1.45 bits per heavy atom. The third kappa shape index (κ3) is 3.60. The Morgan fingerprint density at radius 3 is 2.90 bits per heavy atom. The molecule has 0 spiro atoms. The van der Waals surface area contributed by atoms with E-state index < -0.39 is 0 Å². The van der Waals surface area contributed by atoms with Crippen LogP contribution in [0.1, 0.15) is 38.8 Å². The van der Waals surface area contributed by atoms with Crippen molar-refractivity contribution in [3.8, 4) is 0 Å². The molecule has 5 nitrogen and oxygen atoms in total. The van der Waals surface area contributed by atoms with E-state index in [0.717, 1.165) is 19.4 Å². The zero-order valence-electron chi connectivity index (χ0n) is 12.0. The highest BCUT2D eigenvalue weighted by Crippen LogP contribution is 2.23. The van der Waals surface area contributed by atoms with Gasteiger partial charge in [-0.2, -0.15) is 0 Å². The van der Waals surface area contributed by atoms with Crippen molar-refractivity contribution in [1.29, 1.82) is 0 Å². The molecule has 1 unspecified atom stereocenters. The van der Waals surface area contributed by atoms with Crippen LogP contribution in [-0.2, 0) is 6.54 Å². The number of carbonyl (C=O) groups is 1. The van der Waals surface area contributed by atoms with E-state index in [1.54, 1.807) is 6.20 Å². The van der Waals surface area contributed by atoms with Crippen LogP contribution in [0.25, 0.3) is 0 Å². The third-order valence-corrected chi connectivity index (χ3v) is 4.03. The van der Waals surface area contributed by atoms with Gasteiger partial charge in [0.2, 0.25) is 0 Å². The van der Waals surface area contributed by atoms with Crippen LogP contribution >= 0.6 is 11.6 Å². The van der Waals surface area contributed by atoms with E-state index in [2.05, 4.69) is 29.1 Å². The molecule has 0 aromatic carbocycles. The fraction of sp³-hybridized carbons (Fsp3) is 0.643. The fourth-order valence-electron chi connectivity index (χ4n) is 2.63. The maximum absolute atomic E-state index is 12.3. The zero-order valence-corrected chi connectivity index (χ0v) is 12.7. The van der Waals surface area contributed by atoms with Crippen LogP contribution in [0.4, 0.5) is 4.79 Å². The number of aromatic nitrogens is 2. The highest BCUT2D eigenvalue weighted by molar-refractivity contribution is 6.29. The minimum atomic E-state index is -0.0369. The van der Waals surface area contributed by atoms with Gasteiger partial charge in [-0.1, -0.05) is 25.4 Å². The second-order valence-electron chi connectivity index (χ2n) is 5.45. The standard InChI is InChI=1S/C14H21ClN4O/c1-10(2)12-5-3-4-8-19(12)14(20)18-9-11-13(15)17-7-6-16-11/h6-7,10,12H,3-5,8-9H2,1-2H3,(H,18,20). The predicted octanol–water partition coefficient (Wildman–Crippen LogP) is 2.85. The van der Waals surface area contributed by atoms with Gasteiger partial charge in [0.1, 0.15) is 0 Å². The molecule has 2 rings (SSSR count). The number of urea groups is 1. The molecule has 0 bridgehead atoms. The van der Waals surface area contributed by atoms with Crippen molar-refractivity contribution < 1.29 is 4.79 Å². The van der Waals surface area contributed by atoms with Crippen molar-refractivity contribution in [2.75, 3.05) is 6.54 Å². The normalized spacial score (nSPS) is 19.2. The van der Waals surface area contributed by atoms with Gasteiger partial charge in [-0.15, -0.1) is 0 Å². The Morgan fingerprint density at radius 2 is 2.20 bits per heavy atom. The molecular formula is C14H21ClN4O. The summed E-state index contributed by atoms with van der Waals surface area (Å²) < 4.78 is 0. The van der Waals surface area contributed by atoms with Crippen LogP contribution in [0.2, 0.25) is 5.15 Å². The molecule has 1 N–H and O–H groups in total. The summed E-state index contributed by atoms with van der Waals surface area (Å²) in [5.74, 6) is 0.473. The molecule has 1 aromatic heterocycles. The van der Waals surface area contributed by atoms with Gasteiger partial charge in [-0.05, 0) is 25.2 Å². The van der Waals surface area contributed by atoms with E-state index in [1.807, 2.05) is 4.90 Å². The minimum absolute atomic E-state index is 0.0369. The van der Waals surface area contributed by atoms with Crippen molar-refractivity contribution >= 4 is 17.6 Å². The van der Waals surface area contributed by atoms with Crippen LogP contribution in [0.5, 0.6) is 0 Å². The number of rotatable bonds is 3. The molecule has 0 radical (unpaired) electrons. The van der Waals surface area contributed by atoms with E-state index in [0.29, 0.717) is 29.4 Å². The van der Waals surface area contributed by atoms with Gasteiger partial charge in [0, 0.05) is 25.0 Å². The second kappa shape index (κ2) is 6.88. The number of carbonyl (C=O) groups excluding carboxylic acids is 1. The number of amides is 2. The molecule has 2 amide bonds. The van der Waals surface area contributed by atoms with Gasteiger partial charge in [-0.25, -0.2) is 9.78 Å². The average molecular weight is 297 g/mol. The lowest BCUT2D eigenvalue weighted by Crippen LogP contribution is -2.50. The first-order valence-electron chi connectivity index (χ1n) is 7.09. The Kier molecular flexibility index (Phi) is 5.17. The number of nitrogens with zero attached hydrogens (tertiary/aromatic N) is 3. The van der Waals surface area contributed by atoms with Gasteiger partial charge < -0.3 is 10.2 Å². The zero-order chi connectivity index (χ0) is 14.5. The summed E-state index contributed by atoms with van der Waals surface area (Å²) in [6.45, 7) is 5.46. The number of likely N-dealkylation sites (tertiary alicyclic amines) is 1. The van der Waals surface area contributed by atoms with E-state index in [4.69, 9.17) is 11.6 Å². The first-order valence-corrected chi connectivity index (χ1v) is 7.47. The lowest BCUT2D eigenvalue weighted by Gasteiger charge is -2.38. The molecule has 1 aromatic rings. The van der Waals surface area contributed by atoms with Gasteiger partial charge >= 0.3 is 6.03 Å². The molecule has 0 aliphatic carbocycles. The van der Waals surface area contributed by atoms with Gasteiger partial charge in [-0.3, -0.25) is 4.98 Å². The third-order valence-electron chi connectivity index (χ3n) is 3.71. The summed E-state index contributed by atoms with van der Waals surface area (Å²) in [5.41, 5.74) is 0.598. The van der Waals surface area contributed by atoms with Crippen LogP contribution in [0.15, 0.2) is 12.4 Å². The number of hydrogen-bond donors (Lipinski definition) is 1. The summed E-state index contributed by atoms with van der Waals surface area (Å²) in [7, 11) is 0. The van der Waals surface area contributed by atoms with Gasteiger partial charge in [0.25, 0.3) is 0 Å². The van der Waals surface area contributed by atoms with Crippen LogP contribution < -0.4 is 5.32 Å². The quantitative estimate of drug-likeness (QED) is 0.933. The predicted molar refractivity (Wildman–Crippen MR) is 78.5 cm³/mol. The molecule has 1 aliphatic rings. The summed E-state index contributed by atoms with van der Waals surface area (Å²) in [5, 5.41) is 3.23. The largest absolute Gasteiger partial charge is 0.332 e. The highest BCUT2D eigenvalue weighted by Gasteiger charge is 2.28. The van der Waals surface area contributed by atoms with Crippen molar-refractivity contribution in [3.05, 3.63) is 23.2 Å². The number of piperidine rings is 1. The smallest absolute Gasteiger partial charge is 0.317 e. The molecule has 6 heteroatoms. The minimum Gasteiger partial charge on any atom is -0.332 e. The molecule has 1 aliphatic heterocycles. The molecule has 0 saturated carbocycles. The Bertz CT molecular complexity index is 466. The maximum Gasteiger partial charge on any atom is 0.317 e. The van der Waals surface area contributed by atoms with E-state index in [1.165, 1.54) is 12.6 Å². The first kappa shape index (κ1) is 15.0. The molecule has 1 fully saturated rings. The van der Waals surface area contributed by atoms with Crippen molar-refractivity contribution in [2.45, 2.75) is 45.7 Å². The highest BCUT2D eigenvalue weighted by atomic mass is 35.5. The van der Waals surface area contributed by atoms with E-state index >= 15 is 0 Å². The number of hydrogen-bond acceptors (Lipinski definition) is 3. The molecule has 1 atom stereocenters. The lowest BCUT2D eigenvalue weighted by atomic mass is 9.93. The van der Waals surface area contributed by atoms with Gasteiger partial charge in [0.05, 0.1) is 12.2 Å². The maximum atomic E-state index is 12.3. The van der Waals surface area contributed by atoms with E-state index in [-0.39, 0.29) is 6.03 Å². The molecule has 20 heavy (non-hydrogen) atoms. The number of halogens is 1. The average Bonchev–Trinajstić information content (AvgIpc) is 2.46.